The van der Waals surface area contributed by atoms with Crippen molar-refractivity contribution in [2.45, 2.75) is 392 Å². The second-order valence-electron chi connectivity index (χ2n) is 28.4. The minimum atomic E-state index is -4.65. The molecule has 0 N–H and O–H groups in total. The lowest BCUT2D eigenvalue weighted by atomic mass is 10.0. The Labute approximate surface area is 583 Å². The van der Waals surface area contributed by atoms with Crippen LogP contribution in [0.5, 0.6) is 0 Å². The van der Waals surface area contributed by atoms with Crippen LogP contribution in [-0.4, -0.2) is 70.0 Å². The fraction of sp³-hybridized carbons (Fsp3) is 0.810. The second-order valence-corrected chi connectivity index (χ2v) is 29.8. The summed E-state index contributed by atoms with van der Waals surface area (Å²) < 4.78 is 34.4. The molecule has 0 rings (SSSR count). The Morgan fingerprint density at radius 1 is 0.340 bits per heavy atom. The van der Waals surface area contributed by atoms with Crippen LogP contribution in [0.25, 0.3) is 0 Å². The summed E-state index contributed by atoms with van der Waals surface area (Å²) in [6.45, 7) is 4.18. The number of quaternary nitrogens is 1. The lowest BCUT2D eigenvalue weighted by molar-refractivity contribution is -0.870. The molecule has 0 aliphatic rings. The highest BCUT2D eigenvalue weighted by Gasteiger charge is 2.22. The number of hydrogen-bond donors (Lipinski definition) is 0. The first-order valence-electron chi connectivity index (χ1n) is 40.3. The average Bonchev–Trinajstić information content (AvgIpc) is 1.56. The van der Waals surface area contributed by atoms with Gasteiger partial charge >= 0.3 is 11.9 Å². The van der Waals surface area contributed by atoms with Crippen LogP contribution in [0.4, 0.5) is 0 Å². The molecule has 94 heavy (non-hydrogen) atoms. The van der Waals surface area contributed by atoms with Crippen LogP contribution in [0.2, 0.25) is 0 Å². The monoisotopic (exact) mass is 1340 g/mol. The predicted octanol–water partition coefficient (Wildman–Crippen LogP) is 26.2. The Balaban J connectivity index is 3.92. The first-order valence-corrected chi connectivity index (χ1v) is 41.8. The van der Waals surface area contributed by atoms with Crippen molar-refractivity contribution in [1.29, 1.82) is 0 Å². The highest BCUT2D eigenvalue weighted by molar-refractivity contribution is 7.45. The number of allylic oxidation sites excluding steroid dienone is 14. The molecule has 0 aromatic carbocycles. The van der Waals surface area contributed by atoms with Crippen LogP contribution >= 0.6 is 7.82 Å². The number of nitrogens with zero attached hydrogens (tertiary/aromatic N) is 1. The molecule has 0 fully saturated rings. The summed E-state index contributed by atoms with van der Waals surface area (Å²) in [6.07, 6.45) is 103. The van der Waals surface area contributed by atoms with E-state index in [0.29, 0.717) is 17.4 Å². The molecule has 0 saturated heterocycles. The minimum Gasteiger partial charge on any atom is -0.756 e. The zero-order valence-electron chi connectivity index (χ0n) is 62.7. The van der Waals surface area contributed by atoms with E-state index in [1.54, 1.807) is 0 Å². The number of carbonyl (C=O) groups excluding carboxylic acids is 2. The number of ether oxygens (including phenoxy) is 2. The molecule has 0 aliphatic carbocycles. The van der Waals surface area contributed by atoms with E-state index in [9.17, 15) is 19.0 Å². The van der Waals surface area contributed by atoms with Crippen LogP contribution in [0.15, 0.2) is 85.1 Å². The maximum absolute atomic E-state index is 12.9. The quantitative estimate of drug-likeness (QED) is 0.0195. The standard InChI is InChI=1S/C84H154NO8P/c1-6-8-10-12-14-16-18-20-22-24-26-28-30-32-34-36-38-40-41-42-43-45-46-48-50-52-54-56-58-60-62-64-66-68-70-72-74-76-83(86)90-80-82(81-92-94(88,89)91-79-78-85(3,4)5)93-84(87)77-75-73-71-69-67-65-63-61-59-57-55-53-51-49-47-44-39-37-35-33-31-29-27-25-23-21-19-17-15-13-11-9-7-2/h9,11,15,17-18,20-21,23-24,26-27,29-30,32,82H,6-8,10,12-14,16,19,22,25,28,31,33-81H2,1-5H3/b11-9-,17-15-,20-18-,23-21-,26-24-,29-27-,32-30-. The van der Waals surface area contributed by atoms with Gasteiger partial charge in [0.15, 0.2) is 6.10 Å². The van der Waals surface area contributed by atoms with Crippen molar-refractivity contribution in [3.05, 3.63) is 85.1 Å². The smallest absolute Gasteiger partial charge is 0.306 e. The van der Waals surface area contributed by atoms with Gasteiger partial charge in [-0.05, 0) is 89.9 Å². The van der Waals surface area contributed by atoms with Gasteiger partial charge in [0, 0.05) is 12.8 Å². The maximum atomic E-state index is 12.9. The molecule has 0 spiro atoms. The molecule has 0 saturated carbocycles. The highest BCUT2D eigenvalue weighted by atomic mass is 31.2. The van der Waals surface area contributed by atoms with E-state index in [1.807, 2.05) is 21.1 Å². The second kappa shape index (κ2) is 74.4. The van der Waals surface area contributed by atoms with Crippen LogP contribution in [0.3, 0.4) is 0 Å². The molecule has 10 heteroatoms. The maximum Gasteiger partial charge on any atom is 0.306 e. The number of carbonyl (C=O) groups is 2. The molecule has 9 nitrogen and oxygen atoms in total. The number of likely N-dealkylation sites (N-methyl/N-ethyl adjacent to an activating group) is 1. The third kappa shape index (κ3) is 78.2. The number of rotatable bonds is 75. The van der Waals surface area contributed by atoms with E-state index in [2.05, 4.69) is 98.9 Å². The SMILES string of the molecule is CC/C=C\C/C=C\C/C=C\C/C=C\CCCCCCCCCCCCCCCCCCCCCCC(=O)OC(COC(=O)CCCCCCCCCCCCCCCCCCCCCCCC/C=C\C/C=C\C/C=C\CCCCCCC)COP(=O)([O-])OCC[N+](C)(C)C. The molecule has 0 aliphatic heterocycles. The molecule has 0 bridgehead atoms. The molecule has 548 valence electrons. The number of hydrogen-bond acceptors (Lipinski definition) is 8. The van der Waals surface area contributed by atoms with Crippen LogP contribution in [0.1, 0.15) is 386 Å². The lowest BCUT2D eigenvalue weighted by Gasteiger charge is -2.28. The number of phosphoric ester groups is 1. The average molecular weight is 1340 g/mol. The first kappa shape index (κ1) is 91.2. The van der Waals surface area contributed by atoms with Gasteiger partial charge in [-0.3, -0.25) is 14.2 Å². The summed E-state index contributed by atoms with van der Waals surface area (Å²) in [4.78, 5) is 38.2. The Kier molecular flexibility index (Phi) is 72.2. The molecule has 0 aromatic heterocycles. The van der Waals surface area contributed by atoms with E-state index in [4.69, 9.17) is 18.5 Å². The Hall–Kier alpha value is -2.81. The Morgan fingerprint density at radius 2 is 0.606 bits per heavy atom. The number of unbranched alkanes of at least 4 members (excludes halogenated alkanes) is 47. The van der Waals surface area contributed by atoms with Gasteiger partial charge in [-0.2, -0.15) is 0 Å². The van der Waals surface area contributed by atoms with E-state index in [-0.39, 0.29) is 32.0 Å². The molecule has 0 amide bonds. The van der Waals surface area contributed by atoms with Gasteiger partial charge in [-0.25, -0.2) is 0 Å². The normalized spacial score (nSPS) is 13.5. The van der Waals surface area contributed by atoms with E-state index < -0.39 is 26.5 Å². The van der Waals surface area contributed by atoms with Gasteiger partial charge in [0.1, 0.15) is 19.8 Å². The summed E-state index contributed by atoms with van der Waals surface area (Å²) in [5.41, 5.74) is 0. The van der Waals surface area contributed by atoms with E-state index >= 15 is 0 Å². The van der Waals surface area contributed by atoms with Crippen molar-refractivity contribution in [2.75, 3.05) is 47.5 Å². The molecule has 0 aromatic rings. The lowest BCUT2D eigenvalue weighted by Crippen LogP contribution is -2.37. The van der Waals surface area contributed by atoms with Crippen molar-refractivity contribution < 1.29 is 42.1 Å². The summed E-state index contributed by atoms with van der Waals surface area (Å²) in [7, 11) is 1.18. The summed E-state index contributed by atoms with van der Waals surface area (Å²) in [5, 5.41) is 0. The van der Waals surface area contributed by atoms with Gasteiger partial charge in [-0.1, -0.05) is 369 Å². The third-order valence-corrected chi connectivity index (χ3v) is 18.9. The minimum absolute atomic E-state index is 0.0299. The first-order chi connectivity index (χ1) is 46.0. The zero-order chi connectivity index (χ0) is 68.3. The van der Waals surface area contributed by atoms with Crippen molar-refractivity contribution >= 4 is 19.8 Å². The molecule has 2 atom stereocenters. The Morgan fingerprint density at radius 3 is 0.904 bits per heavy atom. The number of esters is 2. The van der Waals surface area contributed by atoms with Crippen LogP contribution in [0, 0.1) is 0 Å². The van der Waals surface area contributed by atoms with Crippen molar-refractivity contribution in [2.24, 2.45) is 0 Å². The largest absolute Gasteiger partial charge is 0.756 e. The topological polar surface area (TPSA) is 111 Å². The molecule has 2 unspecified atom stereocenters. The van der Waals surface area contributed by atoms with Gasteiger partial charge in [0.2, 0.25) is 0 Å². The summed E-state index contributed by atoms with van der Waals surface area (Å²) in [6, 6.07) is 0. The molecular formula is C84H154NO8P. The fourth-order valence-corrected chi connectivity index (χ4v) is 12.5. The fourth-order valence-electron chi connectivity index (χ4n) is 11.8. The van der Waals surface area contributed by atoms with Crippen molar-refractivity contribution in [3.8, 4) is 0 Å². The molecule has 0 radical (unpaired) electrons. The van der Waals surface area contributed by atoms with Gasteiger partial charge in [0.25, 0.3) is 7.82 Å². The number of phosphoric acid groups is 1. The highest BCUT2D eigenvalue weighted by Crippen LogP contribution is 2.38. The molecular weight excluding hydrogens is 1180 g/mol. The van der Waals surface area contributed by atoms with Gasteiger partial charge in [-0.15, -0.1) is 0 Å². The van der Waals surface area contributed by atoms with Crippen LogP contribution in [-0.2, 0) is 32.7 Å². The molecule has 0 heterocycles. The van der Waals surface area contributed by atoms with Gasteiger partial charge in [0.05, 0.1) is 27.7 Å². The van der Waals surface area contributed by atoms with E-state index in [0.717, 1.165) is 77.0 Å². The van der Waals surface area contributed by atoms with Crippen molar-refractivity contribution in [1.82, 2.24) is 0 Å². The van der Waals surface area contributed by atoms with Crippen molar-refractivity contribution in [3.63, 3.8) is 0 Å². The zero-order valence-corrected chi connectivity index (χ0v) is 63.6. The predicted molar refractivity (Wildman–Crippen MR) is 406 cm³/mol. The van der Waals surface area contributed by atoms with Gasteiger partial charge < -0.3 is 27.9 Å². The third-order valence-electron chi connectivity index (χ3n) is 17.9. The van der Waals surface area contributed by atoms with E-state index in [1.165, 1.54) is 276 Å². The van der Waals surface area contributed by atoms with Crippen LogP contribution < -0.4 is 4.89 Å². The Bertz CT molecular complexity index is 1860. The summed E-state index contributed by atoms with van der Waals surface area (Å²) >= 11 is 0. The summed E-state index contributed by atoms with van der Waals surface area (Å²) in [5.74, 6) is -0.813.